The summed E-state index contributed by atoms with van der Waals surface area (Å²) in [4.78, 5) is 5.53. The molecule has 0 N–H and O–H groups in total. The highest BCUT2D eigenvalue weighted by molar-refractivity contribution is 6.05. The maximum Gasteiger partial charge on any atom is 0.119 e. The minimum atomic E-state index is 0.735. The summed E-state index contributed by atoms with van der Waals surface area (Å²) in [6.07, 6.45) is 0. The Hall–Kier alpha value is -5.75. The molecular formula is C40H35NO5. The van der Waals surface area contributed by atoms with Crippen molar-refractivity contribution in [2.45, 2.75) is 0 Å². The van der Waals surface area contributed by atoms with Gasteiger partial charge in [0.1, 0.15) is 28.7 Å². The van der Waals surface area contributed by atoms with Gasteiger partial charge < -0.3 is 23.7 Å². The monoisotopic (exact) mass is 609 g/mol. The summed E-state index contributed by atoms with van der Waals surface area (Å²) in [7, 11) is 8.38. The molecule has 6 aromatic rings. The molecule has 0 aliphatic carbocycles. The largest absolute Gasteiger partial charge is 0.497 e. The second kappa shape index (κ2) is 13.5. The van der Waals surface area contributed by atoms with Crippen LogP contribution in [0.15, 0.2) is 121 Å². The average Bonchev–Trinajstić information content (AvgIpc) is 3.14. The van der Waals surface area contributed by atoms with Crippen LogP contribution in [0.1, 0.15) is 0 Å². The van der Waals surface area contributed by atoms with Crippen LogP contribution in [-0.4, -0.2) is 40.5 Å². The molecule has 46 heavy (non-hydrogen) atoms. The van der Waals surface area contributed by atoms with Gasteiger partial charge in [-0.2, -0.15) is 0 Å². The van der Waals surface area contributed by atoms with Crippen molar-refractivity contribution in [3.8, 4) is 84.6 Å². The highest BCUT2D eigenvalue weighted by Gasteiger charge is 2.26. The van der Waals surface area contributed by atoms with E-state index in [1.54, 1.807) is 35.5 Å². The van der Waals surface area contributed by atoms with Gasteiger partial charge in [0.05, 0.1) is 46.9 Å². The normalized spacial score (nSPS) is 10.7. The molecule has 0 bridgehead atoms. The van der Waals surface area contributed by atoms with Crippen molar-refractivity contribution in [1.82, 2.24) is 4.98 Å². The fourth-order valence-electron chi connectivity index (χ4n) is 5.73. The van der Waals surface area contributed by atoms with E-state index < -0.39 is 0 Å². The Morgan fingerprint density at radius 3 is 0.891 bits per heavy atom. The first kappa shape index (κ1) is 30.3. The number of aromatic nitrogens is 1. The van der Waals surface area contributed by atoms with Crippen LogP contribution in [0.3, 0.4) is 0 Å². The lowest BCUT2D eigenvalue weighted by Crippen LogP contribution is -2.02. The van der Waals surface area contributed by atoms with Crippen molar-refractivity contribution in [2.24, 2.45) is 0 Å². The van der Waals surface area contributed by atoms with E-state index in [4.69, 9.17) is 28.7 Å². The van der Waals surface area contributed by atoms with E-state index >= 15 is 0 Å². The first-order chi connectivity index (χ1) is 22.6. The smallest absolute Gasteiger partial charge is 0.119 e. The zero-order chi connectivity index (χ0) is 32.0. The highest BCUT2D eigenvalue weighted by atomic mass is 16.5. The number of ether oxygens (including phenoxy) is 5. The molecule has 6 rings (SSSR count). The van der Waals surface area contributed by atoms with Crippen LogP contribution in [0.5, 0.6) is 28.7 Å². The van der Waals surface area contributed by atoms with Crippen LogP contribution in [0.2, 0.25) is 0 Å². The summed E-state index contributed by atoms with van der Waals surface area (Å²) < 4.78 is 28.5. The molecule has 0 radical (unpaired) electrons. The Bertz CT molecular complexity index is 1880. The molecule has 6 heteroatoms. The van der Waals surface area contributed by atoms with Gasteiger partial charge in [-0.3, -0.25) is 0 Å². The number of nitrogens with zero attached hydrogens (tertiary/aromatic N) is 1. The fraction of sp³-hybridized carbons (Fsp3) is 0.125. The van der Waals surface area contributed by atoms with Crippen LogP contribution in [0.25, 0.3) is 55.9 Å². The molecule has 0 unspecified atom stereocenters. The third kappa shape index (κ3) is 5.97. The Labute approximate surface area is 269 Å². The zero-order valence-corrected chi connectivity index (χ0v) is 26.5. The second-order valence-electron chi connectivity index (χ2n) is 10.6. The van der Waals surface area contributed by atoms with E-state index in [0.717, 1.165) is 84.6 Å². The first-order valence-electron chi connectivity index (χ1n) is 14.9. The van der Waals surface area contributed by atoms with Crippen molar-refractivity contribution in [2.75, 3.05) is 35.5 Å². The van der Waals surface area contributed by atoms with Crippen molar-refractivity contribution >= 4 is 0 Å². The number of pyridine rings is 1. The van der Waals surface area contributed by atoms with E-state index in [-0.39, 0.29) is 0 Å². The molecule has 230 valence electrons. The average molecular weight is 610 g/mol. The molecule has 1 aromatic heterocycles. The predicted molar refractivity (Wildman–Crippen MR) is 184 cm³/mol. The summed E-state index contributed by atoms with van der Waals surface area (Å²) in [5.74, 6) is 3.70. The van der Waals surface area contributed by atoms with E-state index in [0.29, 0.717) is 0 Å². The molecule has 0 spiro atoms. The van der Waals surface area contributed by atoms with Crippen LogP contribution >= 0.6 is 0 Å². The molecule has 0 amide bonds. The van der Waals surface area contributed by atoms with Crippen LogP contribution in [0.4, 0.5) is 0 Å². The quantitative estimate of drug-likeness (QED) is 0.154. The Morgan fingerprint density at radius 1 is 0.326 bits per heavy atom. The molecule has 0 aliphatic rings. The first-order valence-corrected chi connectivity index (χ1v) is 14.9. The topological polar surface area (TPSA) is 59.0 Å². The number of benzene rings is 5. The number of rotatable bonds is 10. The van der Waals surface area contributed by atoms with Gasteiger partial charge in [0.25, 0.3) is 0 Å². The number of hydrogen-bond acceptors (Lipinski definition) is 6. The Morgan fingerprint density at radius 2 is 0.587 bits per heavy atom. The van der Waals surface area contributed by atoms with E-state index in [9.17, 15) is 0 Å². The van der Waals surface area contributed by atoms with Gasteiger partial charge in [-0.25, -0.2) is 4.98 Å². The number of methoxy groups -OCH3 is 5. The highest BCUT2D eigenvalue weighted by Crippen LogP contribution is 2.50. The van der Waals surface area contributed by atoms with E-state index in [1.807, 2.05) is 84.9 Å². The van der Waals surface area contributed by atoms with Crippen molar-refractivity contribution in [3.05, 3.63) is 121 Å². The van der Waals surface area contributed by atoms with E-state index in [1.165, 1.54) is 0 Å². The standard InChI is InChI=1S/C40H35NO5/c1-42-31-16-6-11-26(21-31)36-37(27-12-7-17-32(22-27)43-2)39(29-14-9-19-34(24-29)45-4)41-40(30-15-10-20-35(25-30)46-5)38(36)28-13-8-18-33(23-28)44-3/h6-25H,1-5H3. The maximum atomic E-state index is 5.74. The predicted octanol–water partition coefficient (Wildman–Crippen LogP) is 9.46. The third-order valence-corrected chi connectivity index (χ3v) is 7.96. The number of hydrogen-bond donors (Lipinski definition) is 0. The van der Waals surface area contributed by atoms with Gasteiger partial charge in [0.2, 0.25) is 0 Å². The lowest BCUT2D eigenvalue weighted by atomic mass is 9.83. The summed E-state index contributed by atoms with van der Waals surface area (Å²) >= 11 is 0. The summed E-state index contributed by atoms with van der Waals surface area (Å²) in [6.45, 7) is 0. The van der Waals surface area contributed by atoms with Gasteiger partial charge in [-0.15, -0.1) is 0 Å². The molecule has 0 saturated carbocycles. The SMILES string of the molecule is COc1cccc(-c2nc(-c3cccc(OC)c3)c(-c3cccc(OC)c3)c(-c3cccc(OC)c3)c2-c2cccc(OC)c2)c1. The van der Waals surface area contributed by atoms with Crippen LogP contribution < -0.4 is 23.7 Å². The molecule has 0 saturated heterocycles. The molecule has 1 heterocycles. The third-order valence-electron chi connectivity index (χ3n) is 7.96. The minimum Gasteiger partial charge on any atom is -0.497 e. The van der Waals surface area contributed by atoms with Gasteiger partial charge in [-0.1, -0.05) is 60.7 Å². The lowest BCUT2D eigenvalue weighted by Gasteiger charge is -2.24. The summed E-state index contributed by atoms with van der Waals surface area (Å²) in [5.41, 5.74) is 9.09. The van der Waals surface area contributed by atoms with Gasteiger partial charge in [0, 0.05) is 27.8 Å². The van der Waals surface area contributed by atoms with Crippen molar-refractivity contribution in [1.29, 1.82) is 0 Å². The van der Waals surface area contributed by atoms with Gasteiger partial charge in [-0.05, 0) is 77.4 Å². The zero-order valence-electron chi connectivity index (χ0n) is 26.5. The van der Waals surface area contributed by atoms with Crippen molar-refractivity contribution < 1.29 is 23.7 Å². The second-order valence-corrected chi connectivity index (χ2v) is 10.6. The van der Waals surface area contributed by atoms with Crippen molar-refractivity contribution in [3.63, 3.8) is 0 Å². The maximum absolute atomic E-state index is 5.74. The van der Waals surface area contributed by atoms with Crippen LogP contribution in [-0.2, 0) is 0 Å². The molecular weight excluding hydrogens is 574 g/mol. The van der Waals surface area contributed by atoms with Crippen LogP contribution in [0, 0.1) is 0 Å². The lowest BCUT2D eigenvalue weighted by molar-refractivity contribution is 0.414. The molecule has 0 atom stereocenters. The fourth-order valence-corrected chi connectivity index (χ4v) is 5.73. The van der Waals surface area contributed by atoms with Gasteiger partial charge >= 0.3 is 0 Å². The molecule has 6 nitrogen and oxygen atoms in total. The van der Waals surface area contributed by atoms with Gasteiger partial charge in [0.15, 0.2) is 0 Å². The Kier molecular flexibility index (Phi) is 8.88. The Balaban J connectivity index is 1.87. The van der Waals surface area contributed by atoms with E-state index in [2.05, 4.69) is 36.4 Å². The molecule has 0 aliphatic heterocycles. The summed E-state index contributed by atoms with van der Waals surface area (Å²) in [5, 5.41) is 0. The molecule has 5 aromatic carbocycles. The molecule has 0 fully saturated rings. The summed E-state index contributed by atoms with van der Waals surface area (Å²) in [6, 6.07) is 40.3. The minimum absolute atomic E-state index is 0.735.